The summed E-state index contributed by atoms with van der Waals surface area (Å²) in [5.41, 5.74) is 2.50. The normalized spacial score (nSPS) is 23.6. The van der Waals surface area contributed by atoms with E-state index in [0.717, 1.165) is 16.9 Å². The summed E-state index contributed by atoms with van der Waals surface area (Å²) in [4.78, 5) is 0. The summed E-state index contributed by atoms with van der Waals surface area (Å²) in [6, 6.07) is 6.77. The Morgan fingerprint density at radius 1 is 1.32 bits per heavy atom. The lowest BCUT2D eigenvalue weighted by Gasteiger charge is -2.31. The van der Waals surface area contributed by atoms with Crippen molar-refractivity contribution in [1.82, 2.24) is 0 Å². The van der Waals surface area contributed by atoms with E-state index in [-0.39, 0.29) is 0 Å². The van der Waals surface area contributed by atoms with Crippen LogP contribution in [0.2, 0.25) is 5.02 Å². The van der Waals surface area contributed by atoms with Crippen molar-refractivity contribution in [2.24, 2.45) is 11.8 Å². The molecule has 1 aromatic rings. The molecule has 1 aliphatic rings. The van der Waals surface area contributed by atoms with Crippen LogP contribution >= 0.6 is 11.6 Å². The van der Waals surface area contributed by atoms with Gasteiger partial charge in [-0.25, -0.2) is 0 Å². The third kappa shape index (κ3) is 4.42. The second-order valence-corrected chi connectivity index (χ2v) is 6.90. The van der Waals surface area contributed by atoms with Crippen molar-refractivity contribution in [2.45, 2.75) is 58.9 Å². The Labute approximate surface area is 122 Å². The van der Waals surface area contributed by atoms with Crippen LogP contribution in [0, 0.1) is 18.8 Å². The predicted molar refractivity (Wildman–Crippen MR) is 85.0 cm³/mol. The van der Waals surface area contributed by atoms with Crippen molar-refractivity contribution in [2.75, 3.05) is 5.32 Å². The molecule has 1 aromatic carbocycles. The highest BCUT2D eigenvalue weighted by Gasteiger charge is 2.22. The van der Waals surface area contributed by atoms with Crippen molar-refractivity contribution >= 4 is 17.3 Å². The fourth-order valence-electron chi connectivity index (χ4n) is 3.31. The van der Waals surface area contributed by atoms with E-state index in [2.05, 4.69) is 32.2 Å². The first-order chi connectivity index (χ1) is 9.04. The summed E-state index contributed by atoms with van der Waals surface area (Å²) in [7, 11) is 0. The molecule has 1 aliphatic carbocycles. The molecule has 0 spiro atoms. The molecule has 1 nitrogen and oxygen atoms in total. The molecule has 2 rings (SSSR count). The van der Waals surface area contributed by atoms with Crippen LogP contribution in [0.5, 0.6) is 0 Å². The van der Waals surface area contributed by atoms with Crippen molar-refractivity contribution in [1.29, 1.82) is 0 Å². The second-order valence-electron chi connectivity index (χ2n) is 6.46. The molecule has 0 bridgehead atoms. The van der Waals surface area contributed by atoms with E-state index in [1.807, 2.05) is 12.1 Å². The monoisotopic (exact) mass is 279 g/mol. The topological polar surface area (TPSA) is 12.0 Å². The lowest BCUT2D eigenvalue weighted by atomic mass is 9.81. The van der Waals surface area contributed by atoms with Gasteiger partial charge < -0.3 is 5.32 Å². The molecule has 19 heavy (non-hydrogen) atoms. The van der Waals surface area contributed by atoms with E-state index in [4.69, 9.17) is 11.6 Å². The lowest BCUT2D eigenvalue weighted by Crippen LogP contribution is -2.28. The smallest absolute Gasteiger partial charge is 0.0410 e. The average molecular weight is 280 g/mol. The first kappa shape index (κ1) is 14.7. The maximum Gasteiger partial charge on any atom is 0.0410 e. The molecule has 2 atom stereocenters. The van der Waals surface area contributed by atoms with Gasteiger partial charge in [-0.1, -0.05) is 38.3 Å². The molecule has 0 aromatic heterocycles. The van der Waals surface area contributed by atoms with Gasteiger partial charge in [0.2, 0.25) is 0 Å². The number of hydrogen-bond donors (Lipinski definition) is 1. The molecule has 2 unspecified atom stereocenters. The van der Waals surface area contributed by atoms with Crippen LogP contribution in [0.25, 0.3) is 0 Å². The van der Waals surface area contributed by atoms with E-state index in [1.54, 1.807) is 0 Å². The van der Waals surface area contributed by atoms with Gasteiger partial charge in [0.25, 0.3) is 0 Å². The summed E-state index contributed by atoms with van der Waals surface area (Å²) >= 11 is 6.01. The number of rotatable bonds is 4. The van der Waals surface area contributed by atoms with Crippen molar-refractivity contribution in [3.63, 3.8) is 0 Å². The van der Waals surface area contributed by atoms with Gasteiger partial charge in [-0.15, -0.1) is 0 Å². The highest BCUT2D eigenvalue weighted by molar-refractivity contribution is 6.30. The molecular weight excluding hydrogens is 254 g/mol. The fourth-order valence-corrected chi connectivity index (χ4v) is 3.54. The highest BCUT2D eigenvalue weighted by Crippen LogP contribution is 2.31. The Balaban J connectivity index is 1.94. The molecule has 0 amide bonds. The van der Waals surface area contributed by atoms with Gasteiger partial charge in [0.15, 0.2) is 0 Å². The molecule has 0 heterocycles. The molecule has 0 radical (unpaired) electrons. The summed E-state index contributed by atoms with van der Waals surface area (Å²) in [5, 5.41) is 4.54. The zero-order chi connectivity index (χ0) is 13.8. The number of nitrogens with one attached hydrogen (secondary N) is 1. The highest BCUT2D eigenvalue weighted by atomic mass is 35.5. The fraction of sp³-hybridized carbons (Fsp3) is 0.647. The van der Waals surface area contributed by atoms with Gasteiger partial charge in [0.05, 0.1) is 0 Å². The van der Waals surface area contributed by atoms with Gasteiger partial charge in [0.1, 0.15) is 0 Å². The maximum atomic E-state index is 6.01. The minimum atomic E-state index is 0.636. The van der Waals surface area contributed by atoms with E-state index < -0.39 is 0 Å². The van der Waals surface area contributed by atoms with Crippen LogP contribution < -0.4 is 5.32 Å². The standard InChI is InChI=1S/C17H26ClN/c1-12(2)9-14-5-4-6-16(11-14)19-17-8-7-15(18)10-13(17)3/h7-8,10,12,14,16,19H,4-6,9,11H2,1-3H3. The quantitative estimate of drug-likeness (QED) is 0.749. The van der Waals surface area contributed by atoms with Crippen LogP contribution in [-0.4, -0.2) is 6.04 Å². The first-order valence-corrected chi connectivity index (χ1v) is 7.95. The summed E-state index contributed by atoms with van der Waals surface area (Å²) < 4.78 is 0. The first-order valence-electron chi connectivity index (χ1n) is 7.57. The minimum Gasteiger partial charge on any atom is -0.382 e. The third-order valence-electron chi connectivity index (χ3n) is 4.14. The van der Waals surface area contributed by atoms with Crippen molar-refractivity contribution < 1.29 is 0 Å². The summed E-state index contributed by atoms with van der Waals surface area (Å²) in [5.74, 6) is 1.72. The van der Waals surface area contributed by atoms with Crippen LogP contribution in [0.15, 0.2) is 18.2 Å². The van der Waals surface area contributed by atoms with E-state index in [9.17, 15) is 0 Å². The van der Waals surface area contributed by atoms with Gasteiger partial charge in [-0.2, -0.15) is 0 Å². The van der Waals surface area contributed by atoms with E-state index in [1.165, 1.54) is 43.4 Å². The number of hydrogen-bond acceptors (Lipinski definition) is 1. The Kier molecular flexibility index (Phi) is 5.15. The molecule has 2 heteroatoms. The van der Waals surface area contributed by atoms with Gasteiger partial charge in [-0.3, -0.25) is 0 Å². The molecular formula is C17H26ClN. The average Bonchev–Trinajstić information content (AvgIpc) is 2.32. The number of aryl methyl sites for hydroxylation is 1. The number of benzene rings is 1. The zero-order valence-corrected chi connectivity index (χ0v) is 13.1. The molecule has 1 N–H and O–H groups in total. The van der Waals surface area contributed by atoms with E-state index in [0.29, 0.717) is 6.04 Å². The predicted octanol–water partition coefficient (Wildman–Crippen LogP) is 5.67. The Bertz CT molecular complexity index is 414. The second kappa shape index (κ2) is 6.65. The Morgan fingerprint density at radius 3 is 2.79 bits per heavy atom. The molecule has 106 valence electrons. The summed E-state index contributed by atoms with van der Waals surface area (Å²) in [6.45, 7) is 6.80. The third-order valence-corrected chi connectivity index (χ3v) is 4.37. The maximum absolute atomic E-state index is 6.01. The largest absolute Gasteiger partial charge is 0.382 e. The van der Waals surface area contributed by atoms with Gasteiger partial charge in [-0.05, 0) is 61.8 Å². The summed E-state index contributed by atoms with van der Waals surface area (Å²) in [6.07, 6.45) is 6.77. The Morgan fingerprint density at radius 2 is 2.11 bits per heavy atom. The van der Waals surface area contributed by atoms with Crippen LogP contribution in [0.4, 0.5) is 5.69 Å². The van der Waals surface area contributed by atoms with Crippen molar-refractivity contribution in [3.05, 3.63) is 28.8 Å². The SMILES string of the molecule is Cc1cc(Cl)ccc1NC1CCCC(CC(C)C)C1. The molecule has 0 aliphatic heterocycles. The molecule has 1 saturated carbocycles. The van der Waals surface area contributed by atoms with Crippen LogP contribution in [-0.2, 0) is 0 Å². The minimum absolute atomic E-state index is 0.636. The zero-order valence-electron chi connectivity index (χ0n) is 12.4. The van der Waals surface area contributed by atoms with Gasteiger partial charge in [0, 0.05) is 16.8 Å². The van der Waals surface area contributed by atoms with Gasteiger partial charge >= 0.3 is 0 Å². The Hall–Kier alpha value is -0.690. The van der Waals surface area contributed by atoms with Crippen molar-refractivity contribution in [3.8, 4) is 0 Å². The molecule has 1 fully saturated rings. The molecule has 0 saturated heterocycles. The number of halogens is 1. The van der Waals surface area contributed by atoms with Crippen LogP contribution in [0.3, 0.4) is 0 Å². The number of anilines is 1. The van der Waals surface area contributed by atoms with Crippen LogP contribution in [0.1, 0.15) is 51.5 Å². The van der Waals surface area contributed by atoms with E-state index >= 15 is 0 Å². The lowest BCUT2D eigenvalue weighted by molar-refractivity contribution is 0.289.